The summed E-state index contributed by atoms with van der Waals surface area (Å²) in [4.78, 5) is 21.0. The topological polar surface area (TPSA) is 90.9 Å². The molecule has 0 N–H and O–H groups in total. The minimum Gasteiger partial charge on any atom is -0.790 e. The summed E-state index contributed by atoms with van der Waals surface area (Å²) in [5.41, 5.74) is 0. The Kier molecular flexibility index (Phi) is 4.97. The molecular weight excluding hydrogens is 234 g/mol. The first-order valence-corrected chi connectivity index (χ1v) is 6.47. The Hall–Kier alpha value is 0.0949. The van der Waals surface area contributed by atoms with E-state index in [2.05, 4.69) is 4.52 Å². The third-order valence-corrected chi connectivity index (χ3v) is 2.62. The summed E-state index contributed by atoms with van der Waals surface area (Å²) < 4.78 is 25.3. The molecule has 16 heavy (non-hydrogen) atoms. The zero-order valence-electron chi connectivity index (χ0n) is 9.20. The second kappa shape index (κ2) is 5.62. The van der Waals surface area contributed by atoms with Gasteiger partial charge < -0.3 is 28.3 Å². The molecule has 2 radical (unpaired) electrons. The maximum atomic E-state index is 10.5. The van der Waals surface area contributed by atoms with Gasteiger partial charge in [-0.3, -0.25) is 0 Å². The van der Waals surface area contributed by atoms with Crippen LogP contribution in [0.5, 0.6) is 0 Å². The van der Waals surface area contributed by atoms with Crippen LogP contribution in [0.1, 0.15) is 20.3 Å². The smallest absolute Gasteiger partial charge is 0.109 e. The van der Waals surface area contributed by atoms with E-state index in [1.807, 2.05) is 13.8 Å². The summed E-state index contributed by atoms with van der Waals surface area (Å²) in [6.07, 6.45) is -1.32. The SMILES string of the molecule is [B][C@H]1C[C@@H](OP(=O)([O-])[O-])[C@@H](COC(C)C)O1. The van der Waals surface area contributed by atoms with E-state index in [1.54, 1.807) is 0 Å². The largest absolute Gasteiger partial charge is 0.790 e. The van der Waals surface area contributed by atoms with Gasteiger partial charge in [-0.25, -0.2) is 0 Å². The molecule has 0 unspecified atom stereocenters. The van der Waals surface area contributed by atoms with E-state index in [4.69, 9.17) is 17.3 Å². The van der Waals surface area contributed by atoms with Crippen molar-refractivity contribution < 1.29 is 28.3 Å². The lowest BCUT2D eigenvalue weighted by Crippen LogP contribution is -2.32. The van der Waals surface area contributed by atoms with E-state index in [-0.39, 0.29) is 19.1 Å². The fourth-order valence-corrected chi connectivity index (χ4v) is 2.01. The van der Waals surface area contributed by atoms with Crippen LogP contribution in [0, 0.1) is 0 Å². The molecule has 1 saturated heterocycles. The highest BCUT2D eigenvalue weighted by Crippen LogP contribution is 2.34. The predicted octanol–water partition coefficient (Wildman–Crippen LogP) is -1.09. The van der Waals surface area contributed by atoms with Crippen molar-refractivity contribution >= 4 is 15.7 Å². The maximum absolute atomic E-state index is 10.5. The van der Waals surface area contributed by atoms with Gasteiger partial charge in [0.1, 0.15) is 14.0 Å². The summed E-state index contributed by atoms with van der Waals surface area (Å²) in [7, 11) is 0.472. The van der Waals surface area contributed by atoms with Crippen LogP contribution in [-0.4, -0.2) is 38.8 Å². The highest BCUT2D eigenvalue weighted by molar-refractivity contribution is 7.43. The zero-order valence-corrected chi connectivity index (χ0v) is 10.1. The van der Waals surface area contributed by atoms with Gasteiger partial charge in [0.2, 0.25) is 0 Å². The van der Waals surface area contributed by atoms with Crippen LogP contribution in [0.4, 0.5) is 0 Å². The third kappa shape index (κ3) is 4.95. The van der Waals surface area contributed by atoms with Gasteiger partial charge in [0.15, 0.2) is 0 Å². The van der Waals surface area contributed by atoms with Crippen LogP contribution in [0.3, 0.4) is 0 Å². The lowest BCUT2D eigenvalue weighted by molar-refractivity contribution is -0.345. The van der Waals surface area contributed by atoms with Crippen LogP contribution < -0.4 is 9.79 Å². The van der Waals surface area contributed by atoms with Gasteiger partial charge in [0.05, 0.1) is 26.6 Å². The molecule has 1 rings (SSSR count). The number of phosphoric acid groups is 1. The van der Waals surface area contributed by atoms with Crippen molar-refractivity contribution in [1.29, 1.82) is 0 Å². The van der Waals surface area contributed by atoms with Crippen molar-refractivity contribution in [2.45, 2.75) is 44.6 Å². The summed E-state index contributed by atoms with van der Waals surface area (Å²) in [6.45, 7) is 3.81. The summed E-state index contributed by atoms with van der Waals surface area (Å²) in [6, 6.07) is -0.627. The van der Waals surface area contributed by atoms with Gasteiger partial charge in [-0.2, -0.15) is 0 Å². The number of ether oxygens (including phenoxy) is 2. The molecule has 6 nitrogen and oxygen atoms in total. The Bertz CT molecular complexity index is 267. The van der Waals surface area contributed by atoms with Crippen LogP contribution in [0.25, 0.3) is 0 Å². The Labute approximate surface area is 95.9 Å². The molecule has 92 valence electrons. The number of hydrogen-bond donors (Lipinski definition) is 0. The second-order valence-corrected chi connectivity index (χ2v) is 5.03. The predicted molar refractivity (Wildman–Crippen MR) is 52.6 cm³/mol. The van der Waals surface area contributed by atoms with Crippen LogP contribution in [-0.2, 0) is 18.6 Å². The van der Waals surface area contributed by atoms with Crippen molar-refractivity contribution in [1.82, 2.24) is 0 Å². The van der Waals surface area contributed by atoms with Crippen molar-refractivity contribution in [3.63, 3.8) is 0 Å². The molecule has 1 fully saturated rings. The van der Waals surface area contributed by atoms with Crippen LogP contribution in [0.2, 0.25) is 0 Å². The van der Waals surface area contributed by atoms with E-state index in [1.165, 1.54) is 0 Å². The average molecular weight is 248 g/mol. The average Bonchev–Trinajstić information content (AvgIpc) is 2.39. The molecule has 0 aromatic heterocycles. The summed E-state index contributed by atoms with van der Waals surface area (Å²) in [5.74, 6) is 0. The highest BCUT2D eigenvalue weighted by atomic mass is 31.2. The minimum atomic E-state index is -5.02. The first kappa shape index (κ1) is 14.2. The van der Waals surface area contributed by atoms with Gasteiger partial charge in [0, 0.05) is 6.00 Å². The molecule has 0 aromatic carbocycles. The molecule has 0 spiro atoms. The third-order valence-electron chi connectivity index (χ3n) is 2.09. The lowest BCUT2D eigenvalue weighted by Gasteiger charge is -2.33. The van der Waals surface area contributed by atoms with Crippen molar-refractivity contribution in [3.8, 4) is 0 Å². The van der Waals surface area contributed by atoms with Crippen molar-refractivity contribution in [2.75, 3.05) is 6.61 Å². The molecule has 0 bridgehead atoms. The standard InChI is InChI=1S/C8H16BO6P/c1-5(2)13-4-7-6(3-8(9)14-7)15-16(10,11)12/h5-8H,3-4H2,1-2H3,(H2,10,11,12)/p-2/t6-,7-,8-/m1/s1. The lowest BCUT2D eigenvalue weighted by atomic mass is 9.96. The molecule has 0 aliphatic carbocycles. The molecule has 3 atom stereocenters. The Morgan fingerprint density at radius 1 is 1.56 bits per heavy atom. The first-order valence-electron chi connectivity index (χ1n) is 5.01. The maximum Gasteiger partial charge on any atom is 0.109 e. The van der Waals surface area contributed by atoms with Crippen molar-refractivity contribution in [3.05, 3.63) is 0 Å². The Balaban J connectivity index is 2.49. The van der Waals surface area contributed by atoms with Gasteiger partial charge in [-0.1, -0.05) is 0 Å². The minimum absolute atomic E-state index is 0.0209. The fourth-order valence-electron chi connectivity index (χ4n) is 1.46. The van der Waals surface area contributed by atoms with E-state index in [9.17, 15) is 14.4 Å². The molecule has 1 aliphatic rings. The molecule has 1 aliphatic heterocycles. The van der Waals surface area contributed by atoms with E-state index < -0.39 is 26.0 Å². The van der Waals surface area contributed by atoms with Gasteiger partial charge in [-0.15, -0.1) is 0 Å². The summed E-state index contributed by atoms with van der Waals surface area (Å²) in [5, 5.41) is 0. The zero-order chi connectivity index (χ0) is 12.3. The van der Waals surface area contributed by atoms with Gasteiger partial charge >= 0.3 is 0 Å². The van der Waals surface area contributed by atoms with E-state index in [0.29, 0.717) is 0 Å². The normalized spacial score (nSPS) is 31.2. The Morgan fingerprint density at radius 3 is 2.69 bits per heavy atom. The molecule has 8 heteroatoms. The first-order chi connectivity index (χ1) is 7.28. The molecule has 0 saturated carbocycles. The molecule has 0 aromatic rings. The van der Waals surface area contributed by atoms with Crippen LogP contribution >= 0.6 is 7.82 Å². The van der Waals surface area contributed by atoms with Crippen LogP contribution in [0.15, 0.2) is 0 Å². The second-order valence-electron chi connectivity index (χ2n) is 3.92. The monoisotopic (exact) mass is 248 g/mol. The number of phosphoric ester groups is 1. The van der Waals surface area contributed by atoms with E-state index >= 15 is 0 Å². The molecule has 1 heterocycles. The summed E-state index contributed by atoms with van der Waals surface area (Å²) >= 11 is 0. The number of rotatable bonds is 5. The molecular formula is C8H14BO6P-2. The molecule has 0 amide bonds. The van der Waals surface area contributed by atoms with Crippen molar-refractivity contribution in [2.24, 2.45) is 0 Å². The fraction of sp³-hybridized carbons (Fsp3) is 1.00. The number of hydrogen-bond acceptors (Lipinski definition) is 6. The van der Waals surface area contributed by atoms with Gasteiger partial charge in [-0.05, 0) is 20.3 Å². The van der Waals surface area contributed by atoms with E-state index in [0.717, 1.165) is 0 Å². The van der Waals surface area contributed by atoms with Gasteiger partial charge in [0.25, 0.3) is 0 Å². The quantitative estimate of drug-likeness (QED) is 0.453. The highest BCUT2D eigenvalue weighted by Gasteiger charge is 2.34. The Morgan fingerprint density at radius 2 is 2.19 bits per heavy atom.